The third kappa shape index (κ3) is 3.10. The maximum atomic E-state index is 13.4. The van der Waals surface area contributed by atoms with Crippen molar-refractivity contribution in [3.05, 3.63) is 57.7 Å². The lowest BCUT2D eigenvalue weighted by atomic mass is 10.1. The lowest BCUT2D eigenvalue weighted by Gasteiger charge is -2.10. The molecule has 0 spiro atoms. The molecule has 134 valence electrons. The highest BCUT2D eigenvalue weighted by Gasteiger charge is 2.18. The molecule has 0 aliphatic heterocycles. The van der Waals surface area contributed by atoms with Crippen molar-refractivity contribution < 1.29 is 14.1 Å². The maximum Gasteiger partial charge on any atom is 0.306 e. The van der Waals surface area contributed by atoms with Crippen LogP contribution in [-0.2, 0) is 0 Å². The van der Waals surface area contributed by atoms with Crippen LogP contribution >= 0.6 is 0 Å². The first-order valence-corrected chi connectivity index (χ1v) is 7.88. The predicted octanol–water partition coefficient (Wildman–Crippen LogP) is 3.62. The Morgan fingerprint density at radius 3 is 2.73 bits per heavy atom. The van der Waals surface area contributed by atoms with Gasteiger partial charge in [-0.3, -0.25) is 14.9 Å². The van der Waals surface area contributed by atoms with E-state index < -0.39 is 22.3 Å². The summed E-state index contributed by atoms with van der Waals surface area (Å²) in [5, 5.41) is 18.3. The number of carbonyl (C=O) groups is 1. The van der Waals surface area contributed by atoms with Gasteiger partial charge in [0.05, 0.1) is 22.4 Å². The minimum absolute atomic E-state index is 0.124. The lowest BCUT2D eigenvalue weighted by Crippen LogP contribution is -2.15. The molecule has 2 aromatic heterocycles. The molecule has 0 bridgehead atoms. The van der Waals surface area contributed by atoms with Crippen LogP contribution in [-0.4, -0.2) is 25.6 Å². The summed E-state index contributed by atoms with van der Waals surface area (Å²) in [6, 6.07) is 4.97. The molecule has 3 aromatic rings. The van der Waals surface area contributed by atoms with E-state index in [2.05, 4.69) is 15.4 Å². The van der Waals surface area contributed by atoms with E-state index in [1.165, 1.54) is 6.07 Å². The zero-order chi connectivity index (χ0) is 19.0. The highest BCUT2D eigenvalue weighted by molar-refractivity contribution is 6.06. The van der Waals surface area contributed by atoms with E-state index >= 15 is 0 Å². The zero-order valence-corrected chi connectivity index (χ0v) is 14.4. The molecule has 26 heavy (non-hydrogen) atoms. The summed E-state index contributed by atoms with van der Waals surface area (Å²) in [5.41, 5.74) is 0.903. The van der Waals surface area contributed by atoms with E-state index in [1.54, 1.807) is 23.9 Å². The van der Waals surface area contributed by atoms with Crippen LogP contribution in [0.5, 0.6) is 0 Å². The van der Waals surface area contributed by atoms with Gasteiger partial charge in [-0.05, 0) is 39.0 Å². The van der Waals surface area contributed by atoms with Crippen molar-refractivity contribution in [3.63, 3.8) is 0 Å². The summed E-state index contributed by atoms with van der Waals surface area (Å²) in [7, 11) is 0. The Balaban J connectivity index is 1.94. The summed E-state index contributed by atoms with van der Waals surface area (Å²) in [5.74, 6) is -1.46. The first kappa shape index (κ1) is 17.5. The van der Waals surface area contributed by atoms with Crippen LogP contribution in [0.15, 0.2) is 30.5 Å². The predicted molar refractivity (Wildman–Crippen MR) is 93.7 cm³/mol. The van der Waals surface area contributed by atoms with E-state index in [1.807, 2.05) is 13.8 Å². The smallest absolute Gasteiger partial charge is 0.306 e. The number of hydrogen-bond acceptors (Lipinski definition) is 5. The van der Waals surface area contributed by atoms with Crippen LogP contribution in [0.3, 0.4) is 0 Å². The Hall–Kier alpha value is -3.36. The van der Waals surface area contributed by atoms with Crippen LogP contribution < -0.4 is 5.32 Å². The van der Waals surface area contributed by atoms with Crippen molar-refractivity contribution in [2.45, 2.75) is 26.8 Å². The average Bonchev–Trinajstić information content (AvgIpc) is 2.98. The average molecular weight is 357 g/mol. The fourth-order valence-corrected chi connectivity index (χ4v) is 2.60. The zero-order valence-electron chi connectivity index (χ0n) is 14.4. The molecule has 0 saturated carbocycles. The summed E-state index contributed by atoms with van der Waals surface area (Å²) in [6.07, 6.45) is 1.63. The molecule has 0 aliphatic rings. The molecule has 8 nitrogen and oxygen atoms in total. The fourth-order valence-electron chi connectivity index (χ4n) is 2.60. The number of hydrogen-bond donors (Lipinski definition) is 1. The molecule has 0 fully saturated rings. The lowest BCUT2D eigenvalue weighted by molar-refractivity contribution is -0.387. The summed E-state index contributed by atoms with van der Waals surface area (Å²) in [4.78, 5) is 27.0. The van der Waals surface area contributed by atoms with Gasteiger partial charge in [-0.2, -0.15) is 9.49 Å². The molecule has 0 atom stereocenters. The van der Waals surface area contributed by atoms with Gasteiger partial charge in [0, 0.05) is 23.2 Å². The van der Waals surface area contributed by atoms with E-state index in [9.17, 15) is 19.3 Å². The molecule has 0 aliphatic carbocycles. The normalized spacial score (nSPS) is 11.1. The Morgan fingerprint density at radius 2 is 2.08 bits per heavy atom. The number of pyridine rings is 1. The van der Waals surface area contributed by atoms with Crippen LogP contribution in [0.4, 0.5) is 15.8 Å². The molecule has 1 aromatic carbocycles. The van der Waals surface area contributed by atoms with Gasteiger partial charge >= 0.3 is 5.69 Å². The Morgan fingerprint density at radius 1 is 1.35 bits per heavy atom. The van der Waals surface area contributed by atoms with E-state index in [0.717, 1.165) is 12.1 Å². The van der Waals surface area contributed by atoms with E-state index in [4.69, 9.17) is 0 Å². The molecule has 0 saturated heterocycles. The Kier molecular flexibility index (Phi) is 4.37. The van der Waals surface area contributed by atoms with E-state index in [0.29, 0.717) is 22.3 Å². The van der Waals surface area contributed by atoms with Crippen LogP contribution in [0, 0.1) is 22.9 Å². The van der Waals surface area contributed by atoms with Gasteiger partial charge in [0.2, 0.25) is 5.82 Å². The van der Waals surface area contributed by atoms with Gasteiger partial charge in [0.25, 0.3) is 5.91 Å². The second kappa shape index (κ2) is 6.51. The maximum absolute atomic E-state index is 13.4. The molecule has 1 N–H and O–H groups in total. The SMILES string of the molecule is Cc1nc2c(cnn2C(C)C)cc1C(=O)Nc1ccc(F)c([N+](=O)[O-])c1. The number of anilines is 1. The summed E-state index contributed by atoms with van der Waals surface area (Å²) in [6.45, 7) is 5.65. The molecule has 3 rings (SSSR count). The number of rotatable bonds is 4. The first-order chi connectivity index (χ1) is 12.3. The largest absolute Gasteiger partial charge is 0.322 e. The topological polar surface area (TPSA) is 103 Å². The molecule has 9 heteroatoms. The number of nitrogens with one attached hydrogen (secondary N) is 1. The second-order valence-electron chi connectivity index (χ2n) is 6.09. The van der Waals surface area contributed by atoms with Crippen molar-refractivity contribution in [1.82, 2.24) is 14.8 Å². The minimum atomic E-state index is -0.964. The van der Waals surface area contributed by atoms with Crippen LogP contribution in [0.25, 0.3) is 11.0 Å². The summed E-state index contributed by atoms with van der Waals surface area (Å²) < 4.78 is 15.2. The van der Waals surface area contributed by atoms with Gasteiger partial charge in [0.1, 0.15) is 0 Å². The number of aryl methyl sites for hydroxylation is 1. The minimum Gasteiger partial charge on any atom is -0.322 e. The number of fused-ring (bicyclic) bond motifs is 1. The van der Waals surface area contributed by atoms with Gasteiger partial charge in [-0.1, -0.05) is 0 Å². The molecular weight excluding hydrogens is 341 g/mol. The second-order valence-corrected chi connectivity index (χ2v) is 6.09. The number of halogens is 1. The van der Waals surface area contributed by atoms with Crippen LogP contribution in [0.2, 0.25) is 0 Å². The van der Waals surface area contributed by atoms with Crippen molar-refractivity contribution in [3.8, 4) is 0 Å². The van der Waals surface area contributed by atoms with Crippen molar-refractivity contribution >= 4 is 28.3 Å². The number of nitrogens with zero attached hydrogens (tertiary/aromatic N) is 4. The third-order valence-corrected chi connectivity index (χ3v) is 3.89. The quantitative estimate of drug-likeness (QED) is 0.567. The monoisotopic (exact) mass is 357 g/mol. The number of carbonyl (C=O) groups excluding carboxylic acids is 1. The van der Waals surface area contributed by atoms with Gasteiger partial charge in [0.15, 0.2) is 5.65 Å². The number of nitro groups is 1. The van der Waals surface area contributed by atoms with E-state index in [-0.39, 0.29) is 11.7 Å². The molecule has 0 radical (unpaired) electrons. The van der Waals surface area contributed by atoms with Gasteiger partial charge in [-0.25, -0.2) is 9.67 Å². The number of aromatic nitrogens is 3. The number of benzene rings is 1. The highest BCUT2D eigenvalue weighted by Crippen LogP contribution is 2.23. The fraction of sp³-hybridized carbons (Fsp3) is 0.235. The van der Waals surface area contributed by atoms with Crippen molar-refractivity contribution in [2.24, 2.45) is 0 Å². The third-order valence-electron chi connectivity index (χ3n) is 3.89. The van der Waals surface area contributed by atoms with Crippen molar-refractivity contribution in [1.29, 1.82) is 0 Å². The number of amides is 1. The summed E-state index contributed by atoms with van der Waals surface area (Å²) >= 11 is 0. The standard InChI is InChI=1S/C17H16FN5O3/c1-9(2)22-16-11(8-19-22)6-13(10(3)20-16)17(24)21-12-4-5-14(18)15(7-12)23(25)26/h4-9H,1-3H3,(H,21,24). The first-order valence-electron chi connectivity index (χ1n) is 7.88. The number of nitro benzene ring substituents is 1. The van der Waals surface area contributed by atoms with Gasteiger partial charge in [-0.15, -0.1) is 0 Å². The van der Waals surface area contributed by atoms with Crippen molar-refractivity contribution in [2.75, 3.05) is 5.32 Å². The molecule has 0 unspecified atom stereocenters. The Bertz CT molecular complexity index is 1030. The molecular formula is C17H16FN5O3. The Labute approximate surface area is 147 Å². The van der Waals surface area contributed by atoms with Gasteiger partial charge < -0.3 is 5.32 Å². The molecule has 2 heterocycles. The highest BCUT2D eigenvalue weighted by atomic mass is 19.1. The molecule has 1 amide bonds. The van der Waals surface area contributed by atoms with Crippen LogP contribution in [0.1, 0.15) is 35.9 Å².